The molecule has 0 saturated carbocycles. The molecule has 4 nitrogen and oxygen atoms in total. The van der Waals surface area contributed by atoms with Crippen molar-refractivity contribution in [2.24, 2.45) is 0 Å². The highest BCUT2D eigenvalue weighted by Crippen LogP contribution is 2.28. The molecule has 0 amide bonds. The molecule has 12 heavy (non-hydrogen) atoms. The zero-order valence-corrected chi connectivity index (χ0v) is 9.68. The highest BCUT2D eigenvalue weighted by Gasteiger charge is 2.43. The Morgan fingerprint density at radius 2 is 1.83 bits per heavy atom. The topological polar surface area (TPSA) is 63.6 Å². The van der Waals surface area contributed by atoms with E-state index in [9.17, 15) is 9.59 Å². The number of carbonyl (C=O) groups excluding carboxylic acids is 1. The number of carboxylic acid groups (broad SMARTS) is 1. The molecule has 0 saturated heterocycles. The fourth-order valence-corrected chi connectivity index (χ4v) is 0.562. The Hall–Kier alpha value is -0.100. The van der Waals surface area contributed by atoms with Crippen LogP contribution in [-0.2, 0) is 14.3 Å². The second-order valence-electron chi connectivity index (χ2n) is 2.33. The summed E-state index contributed by atoms with van der Waals surface area (Å²) in [6.45, 7) is 3.27. The Morgan fingerprint density at radius 1 is 1.42 bits per heavy atom. The van der Waals surface area contributed by atoms with Gasteiger partial charge < -0.3 is 9.84 Å². The predicted molar refractivity (Wildman–Crippen MR) is 49.4 cm³/mol. The van der Waals surface area contributed by atoms with Crippen molar-refractivity contribution in [1.29, 1.82) is 0 Å². The molecule has 0 aliphatic rings. The van der Waals surface area contributed by atoms with Crippen LogP contribution in [0.4, 0.5) is 0 Å². The third-order valence-electron chi connectivity index (χ3n) is 0.868. The van der Waals surface area contributed by atoms with Crippen molar-refractivity contribution in [3.8, 4) is 0 Å². The molecule has 1 N–H and O–H groups in total. The second kappa shape index (κ2) is 4.23. The molecule has 0 fully saturated rings. The normalized spacial score (nSPS) is 11.4. The summed E-state index contributed by atoms with van der Waals surface area (Å²) in [5.74, 6) is -2.21. The molecule has 0 unspecified atom stereocenters. The Labute approximate surface area is 86.5 Å². The summed E-state index contributed by atoms with van der Waals surface area (Å²) in [6.07, 6.45) is -0.341. The SMILES string of the molecule is CC(C)OC(=O)C(Br)(Br)C(=O)O. The van der Waals surface area contributed by atoms with Gasteiger partial charge in [-0.05, 0) is 45.7 Å². The fourth-order valence-electron chi connectivity index (χ4n) is 0.375. The summed E-state index contributed by atoms with van der Waals surface area (Å²) in [5, 5.41) is 8.53. The Morgan fingerprint density at radius 3 is 2.08 bits per heavy atom. The number of rotatable bonds is 3. The molecule has 0 aliphatic carbocycles. The fraction of sp³-hybridized carbons (Fsp3) is 0.667. The third kappa shape index (κ3) is 3.10. The van der Waals surface area contributed by atoms with Crippen LogP contribution in [0.1, 0.15) is 13.8 Å². The van der Waals surface area contributed by atoms with Gasteiger partial charge in [0, 0.05) is 0 Å². The Kier molecular flexibility index (Phi) is 4.19. The molecule has 6 heteroatoms. The second-order valence-corrected chi connectivity index (χ2v) is 5.78. The zero-order valence-electron chi connectivity index (χ0n) is 6.51. The molecule has 70 valence electrons. The molecule has 0 spiro atoms. The number of hydrogen-bond donors (Lipinski definition) is 1. The minimum Gasteiger partial charge on any atom is -0.479 e. The maximum atomic E-state index is 11.0. The van der Waals surface area contributed by atoms with Gasteiger partial charge in [-0.15, -0.1) is 0 Å². The lowest BCUT2D eigenvalue weighted by atomic mass is 10.4. The number of carbonyl (C=O) groups is 2. The van der Waals surface area contributed by atoms with Crippen molar-refractivity contribution in [1.82, 2.24) is 0 Å². The van der Waals surface area contributed by atoms with E-state index in [0.29, 0.717) is 0 Å². The molecule has 0 rings (SSSR count). The van der Waals surface area contributed by atoms with E-state index in [1.54, 1.807) is 13.8 Å². The number of hydrogen-bond acceptors (Lipinski definition) is 3. The van der Waals surface area contributed by atoms with Crippen molar-refractivity contribution in [2.75, 3.05) is 0 Å². The van der Waals surface area contributed by atoms with Gasteiger partial charge in [-0.2, -0.15) is 0 Å². The van der Waals surface area contributed by atoms with Gasteiger partial charge in [0.1, 0.15) is 0 Å². The van der Waals surface area contributed by atoms with E-state index in [1.165, 1.54) is 0 Å². The molecule has 0 aliphatic heterocycles. The van der Waals surface area contributed by atoms with Gasteiger partial charge in [0.2, 0.25) is 0 Å². The van der Waals surface area contributed by atoms with Crippen molar-refractivity contribution in [2.45, 2.75) is 23.2 Å². The molecular weight excluding hydrogens is 296 g/mol. The number of carboxylic acids is 1. The number of halogens is 2. The Balaban J connectivity index is 4.36. The average molecular weight is 304 g/mol. The van der Waals surface area contributed by atoms with E-state index in [1.807, 2.05) is 0 Å². The maximum absolute atomic E-state index is 11.0. The molecular formula is C6H8Br2O4. The number of alkyl halides is 2. The van der Waals surface area contributed by atoms with Crippen molar-refractivity contribution >= 4 is 43.8 Å². The van der Waals surface area contributed by atoms with Gasteiger partial charge in [-0.1, -0.05) is 0 Å². The first kappa shape index (κ1) is 11.9. The van der Waals surface area contributed by atoms with Gasteiger partial charge in [-0.3, -0.25) is 0 Å². The van der Waals surface area contributed by atoms with Crippen LogP contribution in [0.3, 0.4) is 0 Å². The van der Waals surface area contributed by atoms with Gasteiger partial charge in [-0.25, -0.2) is 9.59 Å². The lowest BCUT2D eigenvalue weighted by molar-refractivity contribution is -0.153. The van der Waals surface area contributed by atoms with E-state index in [-0.39, 0.29) is 6.10 Å². The van der Waals surface area contributed by atoms with E-state index < -0.39 is 15.2 Å². The number of ether oxygens (including phenoxy) is 1. The molecule has 0 atom stereocenters. The van der Waals surface area contributed by atoms with Gasteiger partial charge in [0.05, 0.1) is 6.10 Å². The first-order valence-electron chi connectivity index (χ1n) is 3.10. The zero-order chi connectivity index (χ0) is 9.94. The van der Waals surface area contributed by atoms with Crippen LogP contribution in [0.5, 0.6) is 0 Å². The van der Waals surface area contributed by atoms with Crippen LogP contribution in [0, 0.1) is 0 Å². The molecule has 0 aromatic heterocycles. The lowest BCUT2D eigenvalue weighted by Gasteiger charge is -2.15. The largest absolute Gasteiger partial charge is 0.479 e. The van der Waals surface area contributed by atoms with Crippen LogP contribution < -0.4 is 0 Å². The van der Waals surface area contributed by atoms with Crippen LogP contribution in [-0.4, -0.2) is 26.4 Å². The number of aliphatic carboxylic acids is 1. The summed E-state index contributed by atoms with van der Waals surface area (Å²) < 4.78 is 2.83. The predicted octanol–water partition coefficient (Wildman–Crippen LogP) is 1.51. The highest BCUT2D eigenvalue weighted by molar-refractivity contribution is 9.26. The quantitative estimate of drug-likeness (QED) is 0.488. The van der Waals surface area contributed by atoms with Gasteiger partial charge in [0.25, 0.3) is 3.23 Å². The monoisotopic (exact) mass is 302 g/mol. The Bertz CT molecular complexity index is 200. The van der Waals surface area contributed by atoms with Crippen molar-refractivity contribution in [3.63, 3.8) is 0 Å². The summed E-state index contributed by atoms with van der Waals surface area (Å²) in [5.41, 5.74) is 0. The van der Waals surface area contributed by atoms with Crippen molar-refractivity contribution in [3.05, 3.63) is 0 Å². The number of esters is 1. The van der Waals surface area contributed by atoms with E-state index >= 15 is 0 Å². The van der Waals surface area contributed by atoms with Crippen molar-refractivity contribution < 1.29 is 19.4 Å². The summed E-state index contributed by atoms with van der Waals surface area (Å²) in [4.78, 5) is 21.5. The highest BCUT2D eigenvalue weighted by atomic mass is 79.9. The summed E-state index contributed by atoms with van der Waals surface area (Å²) >= 11 is 5.37. The first-order chi connectivity index (χ1) is 5.28. The van der Waals surface area contributed by atoms with Crippen LogP contribution >= 0.6 is 31.9 Å². The molecule has 0 aromatic rings. The molecule has 0 bridgehead atoms. The molecule has 0 heterocycles. The summed E-state index contributed by atoms with van der Waals surface area (Å²) in [6, 6.07) is 0. The minimum absolute atomic E-state index is 0.341. The van der Waals surface area contributed by atoms with E-state index in [4.69, 9.17) is 5.11 Å². The lowest BCUT2D eigenvalue weighted by Crippen LogP contribution is -2.37. The van der Waals surface area contributed by atoms with Gasteiger partial charge >= 0.3 is 11.9 Å². The van der Waals surface area contributed by atoms with E-state index in [2.05, 4.69) is 36.6 Å². The minimum atomic E-state index is -1.83. The summed E-state index contributed by atoms with van der Waals surface area (Å²) in [7, 11) is 0. The average Bonchev–Trinajstić information content (AvgIpc) is 1.85. The maximum Gasteiger partial charge on any atom is 0.345 e. The first-order valence-corrected chi connectivity index (χ1v) is 4.69. The molecule has 0 aromatic carbocycles. The smallest absolute Gasteiger partial charge is 0.345 e. The standard InChI is InChI=1S/C6H8Br2O4/c1-3(2)12-5(11)6(7,8)4(9)10/h3H,1-2H3,(H,9,10). The van der Waals surface area contributed by atoms with Crippen LogP contribution in [0.25, 0.3) is 0 Å². The van der Waals surface area contributed by atoms with Gasteiger partial charge in [0.15, 0.2) is 0 Å². The van der Waals surface area contributed by atoms with E-state index in [0.717, 1.165) is 0 Å². The van der Waals surface area contributed by atoms with Crippen LogP contribution in [0.2, 0.25) is 0 Å². The third-order valence-corrected chi connectivity index (χ3v) is 2.19. The molecule has 0 radical (unpaired) electrons. The van der Waals surface area contributed by atoms with Crippen LogP contribution in [0.15, 0.2) is 0 Å².